The van der Waals surface area contributed by atoms with Crippen LogP contribution in [-0.4, -0.2) is 31.0 Å². The van der Waals surface area contributed by atoms with Crippen molar-refractivity contribution in [3.8, 4) is 16.9 Å². The Balaban J connectivity index is 1.57. The molecular weight excluding hydrogens is 365 g/mol. The number of hydrogen-bond acceptors (Lipinski definition) is 2. The van der Waals surface area contributed by atoms with Gasteiger partial charge >= 0.3 is 0 Å². The van der Waals surface area contributed by atoms with Crippen LogP contribution in [0.15, 0.2) is 66.7 Å². The molecule has 4 heteroatoms. The van der Waals surface area contributed by atoms with E-state index in [1.54, 1.807) is 19.2 Å². The van der Waals surface area contributed by atoms with Crippen LogP contribution >= 0.6 is 0 Å². The second-order valence-electron chi connectivity index (χ2n) is 7.31. The maximum atomic E-state index is 13.9. The number of nitrogens with zero attached hydrogens (tertiary/aromatic N) is 1. The van der Waals surface area contributed by atoms with Gasteiger partial charge in [0.2, 0.25) is 0 Å². The predicted octanol–water partition coefficient (Wildman–Crippen LogP) is 5.13. The molecule has 3 nitrogen and oxygen atoms in total. The third-order valence-corrected chi connectivity index (χ3v) is 5.52. The normalized spacial score (nSPS) is 13.7. The van der Waals surface area contributed by atoms with E-state index in [0.29, 0.717) is 25.1 Å². The molecule has 1 heterocycles. The first-order valence-electron chi connectivity index (χ1n) is 9.96. The Labute approximate surface area is 170 Å². The summed E-state index contributed by atoms with van der Waals surface area (Å²) in [6.45, 7) is 1.21. The molecule has 3 aromatic carbocycles. The quantitative estimate of drug-likeness (QED) is 0.605. The smallest absolute Gasteiger partial charge is 0.254 e. The lowest BCUT2D eigenvalue weighted by atomic mass is 9.96. The molecule has 0 saturated heterocycles. The van der Waals surface area contributed by atoms with Crippen molar-refractivity contribution in [2.75, 3.05) is 20.2 Å². The molecule has 1 aliphatic rings. The fourth-order valence-electron chi connectivity index (χ4n) is 3.96. The molecule has 3 aromatic rings. The summed E-state index contributed by atoms with van der Waals surface area (Å²) < 4.78 is 19.4. The number of halogens is 1. The number of methoxy groups -OCH3 is 1. The van der Waals surface area contributed by atoms with Gasteiger partial charge in [0.15, 0.2) is 0 Å². The number of amides is 1. The molecule has 0 aliphatic carbocycles. The molecule has 0 N–H and O–H groups in total. The van der Waals surface area contributed by atoms with Crippen LogP contribution in [0.1, 0.15) is 27.9 Å². The molecule has 0 fully saturated rings. The third kappa shape index (κ3) is 4.02. The highest BCUT2D eigenvalue weighted by Gasteiger charge is 2.23. The predicted molar refractivity (Wildman–Crippen MR) is 113 cm³/mol. The number of hydrogen-bond donors (Lipinski definition) is 0. The SMILES string of the molecule is COc1ccccc1-c1ccc2c(c1)CCCN(CCc1ccccc1F)C2=O. The highest BCUT2D eigenvalue weighted by molar-refractivity contribution is 5.97. The third-order valence-electron chi connectivity index (χ3n) is 5.52. The van der Waals surface area contributed by atoms with Crippen molar-refractivity contribution in [2.24, 2.45) is 0 Å². The van der Waals surface area contributed by atoms with E-state index in [2.05, 4.69) is 6.07 Å². The summed E-state index contributed by atoms with van der Waals surface area (Å²) in [6, 6.07) is 20.7. The van der Waals surface area contributed by atoms with Crippen molar-refractivity contribution in [3.05, 3.63) is 89.2 Å². The standard InChI is InChI=1S/C25H24FNO2/c1-29-24-11-5-3-9-21(24)20-12-13-22-19(17-20)8-6-15-27(25(22)28)16-14-18-7-2-4-10-23(18)26/h2-5,7,9-13,17H,6,8,14-16H2,1H3. The Bertz CT molecular complexity index is 1030. The van der Waals surface area contributed by atoms with Crippen LogP contribution in [-0.2, 0) is 12.8 Å². The van der Waals surface area contributed by atoms with Crippen molar-refractivity contribution in [1.82, 2.24) is 4.90 Å². The maximum absolute atomic E-state index is 13.9. The van der Waals surface area contributed by atoms with E-state index in [9.17, 15) is 9.18 Å². The van der Waals surface area contributed by atoms with Crippen molar-refractivity contribution < 1.29 is 13.9 Å². The van der Waals surface area contributed by atoms with E-state index in [0.717, 1.165) is 40.8 Å². The largest absolute Gasteiger partial charge is 0.496 e. The molecule has 0 aromatic heterocycles. The lowest BCUT2D eigenvalue weighted by Gasteiger charge is -2.21. The van der Waals surface area contributed by atoms with Crippen LogP contribution in [0.2, 0.25) is 0 Å². The van der Waals surface area contributed by atoms with Gasteiger partial charge in [-0.3, -0.25) is 4.79 Å². The number of para-hydroxylation sites is 1. The van der Waals surface area contributed by atoms with Crippen molar-refractivity contribution in [3.63, 3.8) is 0 Å². The summed E-state index contributed by atoms with van der Waals surface area (Å²) in [6.07, 6.45) is 2.26. The molecular formula is C25H24FNO2. The van der Waals surface area contributed by atoms with E-state index in [4.69, 9.17) is 4.74 Å². The first-order valence-corrected chi connectivity index (χ1v) is 9.96. The van der Waals surface area contributed by atoms with E-state index in [1.807, 2.05) is 47.4 Å². The molecule has 148 valence electrons. The summed E-state index contributed by atoms with van der Waals surface area (Å²) >= 11 is 0. The van der Waals surface area contributed by atoms with Gasteiger partial charge in [0.05, 0.1) is 7.11 Å². The molecule has 0 radical (unpaired) electrons. The van der Waals surface area contributed by atoms with Gasteiger partial charge in [-0.25, -0.2) is 4.39 Å². The summed E-state index contributed by atoms with van der Waals surface area (Å²) in [5, 5.41) is 0. The fraction of sp³-hybridized carbons (Fsp3) is 0.240. The topological polar surface area (TPSA) is 29.5 Å². The van der Waals surface area contributed by atoms with Gasteiger partial charge in [0.25, 0.3) is 5.91 Å². The zero-order valence-electron chi connectivity index (χ0n) is 16.5. The number of carbonyl (C=O) groups is 1. The zero-order chi connectivity index (χ0) is 20.2. The summed E-state index contributed by atoms with van der Waals surface area (Å²) in [7, 11) is 1.67. The monoisotopic (exact) mass is 389 g/mol. The number of benzene rings is 3. The summed E-state index contributed by atoms with van der Waals surface area (Å²) in [5.74, 6) is 0.635. The van der Waals surface area contributed by atoms with Crippen LogP contribution in [0.4, 0.5) is 4.39 Å². The molecule has 0 atom stereocenters. The minimum atomic E-state index is -0.211. The molecule has 1 aliphatic heterocycles. The number of carbonyl (C=O) groups excluding carboxylic acids is 1. The van der Waals surface area contributed by atoms with Crippen LogP contribution < -0.4 is 4.74 Å². The molecule has 29 heavy (non-hydrogen) atoms. The number of fused-ring (bicyclic) bond motifs is 1. The minimum Gasteiger partial charge on any atom is -0.496 e. The second kappa shape index (κ2) is 8.48. The van der Waals surface area contributed by atoms with Gasteiger partial charge in [-0.2, -0.15) is 0 Å². The lowest BCUT2D eigenvalue weighted by Crippen LogP contribution is -2.33. The molecule has 0 unspecified atom stereocenters. The first kappa shape index (κ1) is 19.2. The average molecular weight is 389 g/mol. The van der Waals surface area contributed by atoms with E-state index >= 15 is 0 Å². The van der Waals surface area contributed by atoms with Gasteiger partial charge in [-0.1, -0.05) is 48.5 Å². The number of aryl methyl sites for hydroxylation is 1. The van der Waals surface area contributed by atoms with E-state index in [-0.39, 0.29) is 11.7 Å². The Morgan fingerprint density at radius 2 is 1.79 bits per heavy atom. The van der Waals surface area contributed by atoms with Crippen molar-refractivity contribution in [1.29, 1.82) is 0 Å². The fourth-order valence-corrected chi connectivity index (χ4v) is 3.96. The molecule has 0 bridgehead atoms. The van der Waals surface area contributed by atoms with Gasteiger partial charge in [-0.15, -0.1) is 0 Å². The second-order valence-corrected chi connectivity index (χ2v) is 7.31. The van der Waals surface area contributed by atoms with Crippen LogP contribution in [0.5, 0.6) is 5.75 Å². The van der Waals surface area contributed by atoms with Gasteiger partial charge in [0.1, 0.15) is 11.6 Å². The van der Waals surface area contributed by atoms with Crippen LogP contribution in [0, 0.1) is 5.82 Å². The molecule has 0 spiro atoms. The van der Waals surface area contributed by atoms with E-state index < -0.39 is 0 Å². The lowest BCUT2D eigenvalue weighted by molar-refractivity contribution is 0.0762. The Morgan fingerprint density at radius 1 is 1.00 bits per heavy atom. The van der Waals surface area contributed by atoms with Crippen molar-refractivity contribution in [2.45, 2.75) is 19.3 Å². The Kier molecular flexibility index (Phi) is 5.61. The van der Waals surface area contributed by atoms with Crippen LogP contribution in [0.25, 0.3) is 11.1 Å². The number of ether oxygens (including phenoxy) is 1. The van der Waals surface area contributed by atoms with E-state index in [1.165, 1.54) is 6.07 Å². The Morgan fingerprint density at radius 3 is 2.62 bits per heavy atom. The minimum absolute atomic E-state index is 0.0282. The average Bonchev–Trinajstić information content (AvgIpc) is 2.91. The number of rotatable bonds is 5. The molecule has 4 rings (SSSR count). The zero-order valence-corrected chi connectivity index (χ0v) is 16.5. The highest BCUT2D eigenvalue weighted by atomic mass is 19.1. The highest BCUT2D eigenvalue weighted by Crippen LogP contribution is 2.32. The van der Waals surface area contributed by atoms with Crippen molar-refractivity contribution >= 4 is 5.91 Å². The van der Waals surface area contributed by atoms with Gasteiger partial charge in [-0.05, 0) is 54.2 Å². The van der Waals surface area contributed by atoms with Gasteiger partial charge in [0, 0.05) is 24.2 Å². The van der Waals surface area contributed by atoms with Gasteiger partial charge < -0.3 is 9.64 Å². The maximum Gasteiger partial charge on any atom is 0.254 e. The van der Waals surface area contributed by atoms with Crippen LogP contribution in [0.3, 0.4) is 0 Å². The summed E-state index contributed by atoms with van der Waals surface area (Å²) in [5.41, 5.74) is 4.53. The summed E-state index contributed by atoms with van der Waals surface area (Å²) in [4.78, 5) is 15.0. The molecule has 1 amide bonds. The Hall–Kier alpha value is -3.14. The molecule has 0 saturated carbocycles. The first-order chi connectivity index (χ1) is 14.2.